The summed E-state index contributed by atoms with van der Waals surface area (Å²) in [5.74, 6) is 0. The molecule has 0 unspecified atom stereocenters. The lowest BCUT2D eigenvalue weighted by Gasteiger charge is -2.34. The van der Waals surface area contributed by atoms with Gasteiger partial charge in [0.15, 0.2) is 0 Å². The number of hydrogen-bond acceptors (Lipinski definition) is 1. The van der Waals surface area contributed by atoms with Gasteiger partial charge in [-0.05, 0) is 45.5 Å². The van der Waals surface area contributed by atoms with E-state index in [2.05, 4.69) is 105 Å². The molecule has 0 heterocycles. The van der Waals surface area contributed by atoms with Crippen LogP contribution in [-0.4, -0.2) is 0 Å². The average Bonchev–Trinajstić information content (AvgIpc) is 3.23. The van der Waals surface area contributed by atoms with Crippen molar-refractivity contribution >= 4 is 12.6 Å². The molecule has 0 amide bonds. The van der Waals surface area contributed by atoms with E-state index in [1.807, 2.05) is 67.5 Å². The Morgan fingerprint density at radius 1 is 0.647 bits per heavy atom. The molecule has 0 spiro atoms. The van der Waals surface area contributed by atoms with Gasteiger partial charge in [0.05, 0.1) is 5.41 Å². The van der Waals surface area contributed by atoms with Crippen molar-refractivity contribution < 1.29 is 0 Å². The standard InChI is InChI=1S/C25H20S.4C2H6/c1-3-9-18(4-2)25(19-14-16-20(26)17-15-19)23-12-7-5-10-21(23)22-11-6-8-13-24(22)25;4*1-2/h3-17,26H,1-2H2;4*1-2H3/b18-9+;;;;. The first-order valence-electron chi connectivity index (χ1n) is 12.7. The summed E-state index contributed by atoms with van der Waals surface area (Å²) in [5, 5.41) is 0. The van der Waals surface area contributed by atoms with E-state index in [9.17, 15) is 0 Å². The van der Waals surface area contributed by atoms with Gasteiger partial charge in [0.2, 0.25) is 0 Å². The molecule has 34 heavy (non-hydrogen) atoms. The molecule has 0 saturated heterocycles. The SMILES string of the molecule is C=C/C=C(\C=C)C1(c2ccc(S)cc2)c2ccccc2-c2ccccc21.CC.CC.CC.CC. The van der Waals surface area contributed by atoms with Crippen molar-refractivity contribution in [3.05, 3.63) is 126 Å². The highest BCUT2D eigenvalue weighted by Gasteiger charge is 2.46. The number of hydrogen-bond donors (Lipinski definition) is 1. The van der Waals surface area contributed by atoms with E-state index in [0.29, 0.717) is 0 Å². The first kappa shape index (κ1) is 31.2. The van der Waals surface area contributed by atoms with Gasteiger partial charge in [-0.25, -0.2) is 0 Å². The predicted octanol–water partition coefficient (Wildman–Crippen LogP) is 10.7. The Labute approximate surface area is 215 Å². The number of fused-ring (bicyclic) bond motifs is 3. The topological polar surface area (TPSA) is 0 Å². The van der Waals surface area contributed by atoms with Crippen LogP contribution in [-0.2, 0) is 5.41 Å². The number of allylic oxidation sites excluding steroid dienone is 4. The summed E-state index contributed by atoms with van der Waals surface area (Å²) in [4.78, 5) is 0.955. The number of thiol groups is 1. The summed E-state index contributed by atoms with van der Waals surface area (Å²) < 4.78 is 0. The Hall–Kier alpha value is -2.77. The lowest BCUT2D eigenvalue weighted by atomic mass is 9.67. The minimum Gasteiger partial charge on any atom is -0.143 e. The highest BCUT2D eigenvalue weighted by atomic mass is 32.1. The van der Waals surface area contributed by atoms with Gasteiger partial charge in [-0.3, -0.25) is 0 Å². The molecule has 182 valence electrons. The molecule has 1 heteroatoms. The largest absolute Gasteiger partial charge is 0.143 e. The second-order valence-corrected chi connectivity index (χ2v) is 6.97. The third kappa shape index (κ3) is 6.02. The minimum atomic E-state index is -0.398. The highest BCUT2D eigenvalue weighted by Crippen LogP contribution is 2.56. The highest BCUT2D eigenvalue weighted by molar-refractivity contribution is 7.80. The molecule has 0 bridgehead atoms. The molecule has 0 atom stereocenters. The van der Waals surface area contributed by atoms with E-state index in [-0.39, 0.29) is 0 Å². The summed E-state index contributed by atoms with van der Waals surface area (Å²) >= 11 is 4.48. The molecule has 1 aliphatic carbocycles. The Morgan fingerprint density at radius 2 is 1.06 bits per heavy atom. The maximum absolute atomic E-state index is 4.48. The first-order valence-corrected chi connectivity index (χ1v) is 13.1. The van der Waals surface area contributed by atoms with Crippen LogP contribution in [0, 0.1) is 0 Å². The van der Waals surface area contributed by atoms with Crippen LogP contribution in [0.5, 0.6) is 0 Å². The molecular weight excluding hydrogens is 428 g/mol. The Balaban J connectivity index is 0.00000124. The first-order chi connectivity index (χ1) is 16.7. The molecule has 0 N–H and O–H groups in total. The maximum atomic E-state index is 4.48. The van der Waals surface area contributed by atoms with Gasteiger partial charge in [0.25, 0.3) is 0 Å². The normalized spacial score (nSPS) is 11.7. The molecule has 0 fully saturated rings. The van der Waals surface area contributed by atoms with Gasteiger partial charge in [-0.15, -0.1) is 12.6 Å². The predicted molar refractivity (Wildman–Crippen MR) is 159 cm³/mol. The maximum Gasteiger partial charge on any atom is 0.0713 e. The van der Waals surface area contributed by atoms with Gasteiger partial charge in [-0.2, -0.15) is 0 Å². The monoisotopic (exact) mass is 472 g/mol. The Kier molecular flexibility index (Phi) is 15.4. The lowest BCUT2D eigenvalue weighted by Crippen LogP contribution is -2.28. The molecule has 3 aromatic carbocycles. The molecule has 1 aliphatic rings. The summed E-state index contributed by atoms with van der Waals surface area (Å²) in [6, 6.07) is 25.7. The Bertz CT molecular complexity index is 977. The second-order valence-electron chi connectivity index (χ2n) is 6.45. The van der Waals surface area contributed by atoms with E-state index in [4.69, 9.17) is 0 Å². The van der Waals surface area contributed by atoms with Crippen LogP contribution < -0.4 is 0 Å². The zero-order chi connectivity index (χ0) is 26.1. The van der Waals surface area contributed by atoms with Gasteiger partial charge in [0, 0.05) is 4.90 Å². The molecule has 4 rings (SSSR count). The molecule has 0 radical (unpaired) electrons. The van der Waals surface area contributed by atoms with Crippen LogP contribution in [0.2, 0.25) is 0 Å². The van der Waals surface area contributed by atoms with Crippen LogP contribution in [0.25, 0.3) is 11.1 Å². The zero-order valence-electron chi connectivity index (χ0n) is 22.5. The fourth-order valence-electron chi connectivity index (χ4n) is 4.21. The fourth-order valence-corrected chi connectivity index (χ4v) is 4.36. The van der Waals surface area contributed by atoms with E-state index in [0.717, 1.165) is 10.5 Å². The molecule has 3 aromatic rings. The van der Waals surface area contributed by atoms with Gasteiger partial charge < -0.3 is 0 Å². The van der Waals surface area contributed by atoms with Crippen molar-refractivity contribution in [2.45, 2.75) is 65.7 Å². The molecule has 0 aromatic heterocycles. The third-order valence-corrected chi connectivity index (χ3v) is 5.50. The number of benzene rings is 3. The van der Waals surface area contributed by atoms with Crippen molar-refractivity contribution in [3.63, 3.8) is 0 Å². The minimum absolute atomic E-state index is 0.398. The van der Waals surface area contributed by atoms with E-state index in [1.54, 1.807) is 0 Å². The van der Waals surface area contributed by atoms with Gasteiger partial charge >= 0.3 is 0 Å². The summed E-state index contributed by atoms with van der Waals surface area (Å²) in [5.41, 5.74) is 7.04. The van der Waals surface area contributed by atoms with Gasteiger partial charge in [-0.1, -0.05) is 147 Å². The lowest BCUT2D eigenvalue weighted by molar-refractivity contribution is 0.766. The van der Waals surface area contributed by atoms with Gasteiger partial charge in [0.1, 0.15) is 0 Å². The van der Waals surface area contributed by atoms with Crippen molar-refractivity contribution in [2.24, 2.45) is 0 Å². The summed E-state index contributed by atoms with van der Waals surface area (Å²) in [6.07, 6.45) is 5.87. The van der Waals surface area contributed by atoms with Crippen LogP contribution >= 0.6 is 12.6 Å². The van der Waals surface area contributed by atoms with Crippen molar-refractivity contribution in [1.82, 2.24) is 0 Å². The van der Waals surface area contributed by atoms with Crippen LogP contribution in [0.15, 0.2) is 115 Å². The van der Waals surface area contributed by atoms with Crippen LogP contribution in [0.3, 0.4) is 0 Å². The second kappa shape index (κ2) is 16.8. The number of rotatable bonds is 4. The van der Waals surface area contributed by atoms with E-state index < -0.39 is 5.41 Å². The van der Waals surface area contributed by atoms with Crippen molar-refractivity contribution in [2.75, 3.05) is 0 Å². The van der Waals surface area contributed by atoms with Crippen molar-refractivity contribution in [3.8, 4) is 11.1 Å². The van der Waals surface area contributed by atoms with E-state index >= 15 is 0 Å². The Morgan fingerprint density at radius 3 is 1.44 bits per heavy atom. The van der Waals surface area contributed by atoms with E-state index in [1.165, 1.54) is 27.8 Å². The quantitative estimate of drug-likeness (QED) is 0.283. The molecule has 0 nitrogen and oxygen atoms in total. The average molecular weight is 473 g/mol. The fraction of sp³-hybridized carbons (Fsp3) is 0.273. The molecule has 0 saturated carbocycles. The summed E-state index contributed by atoms with van der Waals surface area (Å²) in [7, 11) is 0. The molecular formula is C33H44S. The van der Waals surface area contributed by atoms with Crippen LogP contribution in [0.4, 0.5) is 0 Å². The third-order valence-electron chi connectivity index (χ3n) is 5.20. The molecule has 0 aliphatic heterocycles. The van der Waals surface area contributed by atoms with Crippen LogP contribution in [0.1, 0.15) is 72.1 Å². The summed E-state index contributed by atoms with van der Waals surface area (Å²) in [6.45, 7) is 24.1. The van der Waals surface area contributed by atoms with Crippen molar-refractivity contribution in [1.29, 1.82) is 0 Å². The zero-order valence-corrected chi connectivity index (χ0v) is 23.4. The smallest absolute Gasteiger partial charge is 0.0713 e.